The van der Waals surface area contributed by atoms with E-state index >= 15 is 0 Å². The molecule has 1 aromatic heterocycles. The van der Waals surface area contributed by atoms with Crippen molar-refractivity contribution >= 4 is 0 Å². The first-order valence-electron chi connectivity index (χ1n) is 7.29. The predicted molar refractivity (Wildman–Crippen MR) is 75.3 cm³/mol. The zero-order valence-corrected chi connectivity index (χ0v) is 11.5. The molecule has 0 saturated carbocycles. The second-order valence-electron chi connectivity index (χ2n) is 4.92. The fourth-order valence-electron chi connectivity index (χ4n) is 2.35. The first kappa shape index (κ1) is 14.2. The van der Waals surface area contributed by atoms with Crippen LogP contribution in [0.4, 0.5) is 0 Å². The number of pyridine rings is 1. The van der Waals surface area contributed by atoms with Gasteiger partial charge in [0.05, 0.1) is 0 Å². The molecule has 0 aromatic carbocycles. The third-order valence-electron chi connectivity index (χ3n) is 3.50. The third kappa shape index (κ3) is 5.86. The highest BCUT2D eigenvalue weighted by molar-refractivity contribution is 5.08. The Labute approximate surface area is 107 Å². The van der Waals surface area contributed by atoms with Gasteiger partial charge < -0.3 is 0 Å². The fraction of sp³-hybridized carbons (Fsp3) is 0.688. The Morgan fingerprint density at radius 1 is 1.00 bits per heavy atom. The van der Waals surface area contributed by atoms with Crippen molar-refractivity contribution in [2.75, 3.05) is 0 Å². The number of aromatic nitrogens is 1. The third-order valence-corrected chi connectivity index (χ3v) is 3.50. The molecule has 0 fully saturated rings. The highest BCUT2D eigenvalue weighted by Crippen LogP contribution is 2.24. The molecule has 1 atom stereocenters. The van der Waals surface area contributed by atoms with Crippen LogP contribution >= 0.6 is 0 Å². The average Bonchev–Trinajstić information content (AvgIpc) is 2.39. The Balaban J connectivity index is 2.20. The molecule has 0 bridgehead atoms. The topological polar surface area (TPSA) is 12.9 Å². The zero-order valence-electron chi connectivity index (χ0n) is 11.5. The molecule has 1 heterocycles. The van der Waals surface area contributed by atoms with Crippen molar-refractivity contribution < 1.29 is 0 Å². The molecule has 0 saturated heterocycles. The van der Waals surface area contributed by atoms with Crippen LogP contribution in [0.1, 0.15) is 76.8 Å². The number of nitrogens with zero attached hydrogens (tertiary/aromatic N) is 1. The summed E-state index contributed by atoms with van der Waals surface area (Å²) in [5.41, 5.74) is 1.28. The van der Waals surface area contributed by atoms with E-state index in [1.165, 1.54) is 57.1 Å². The minimum absolute atomic E-state index is 0.669. The van der Waals surface area contributed by atoms with Gasteiger partial charge >= 0.3 is 0 Å². The highest BCUT2D eigenvalue weighted by atomic mass is 14.7. The molecule has 0 radical (unpaired) electrons. The van der Waals surface area contributed by atoms with Crippen LogP contribution in [0, 0.1) is 0 Å². The predicted octanol–water partition coefficient (Wildman–Crippen LogP) is 5.33. The summed E-state index contributed by atoms with van der Waals surface area (Å²) in [6.07, 6.45) is 12.7. The van der Waals surface area contributed by atoms with Crippen LogP contribution in [-0.2, 0) is 0 Å². The normalized spacial score (nSPS) is 12.6. The van der Waals surface area contributed by atoms with E-state index in [-0.39, 0.29) is 0 Å². The van der Waals surface area contributed by atoms with E-state index in [0.29, 0.717) is 5.92 Å². The maximum atomic E-state index is 4.48. The monoisotopic (exact) mass is 233 g/mol. The van der Waals surface area contributed by atoms with Crippen molar-refractivity contribution in [3.05, 3.63) is 30.1 Å². The van der Waals surface area contributed by atoms with E-state index in [0.717, 1.165) is 0 Å². The summed E-state index contributed by atoms with van der Waals surface area (Å²) in [5.74, 6) is 0.669. The minimum Gasteiger partial charge on any atom is -0.261 e. The summed E-state index contributed by atoms with van der Waals surface area (Å²) < 4.78 is 0. The molecule has 0 aliphatic heterocycles. The summed E-state index contributed by atoms with van der Waals surface area (Å²) in [4.78, 5) is 4.48. The van der Waals surface area contributed by atoms with Gasteiger partial charge in [-0.25, -0.2) is 0 Å². The molecule has 0 spiro atoms. The quantitative estimate of drug-likeness (QED) is 0.526. The summed E-state index contributed by atoms with van der Waals surface area (Å²) in [7, 11) is 0. The van der Waals surface area contributed by atoms with Crippen molar-refractivity contribution in [2.45, 2.75) is 71.1 Å². The van der Waals surface area contributed by atoms with Crippen molar-refractivity contribution in [2.24, 2.45) is 0 Å². The SMILES string of the molecule is CCCCCCCCC(CC)c1ccccn1. The number of hydrogen-bond acceptors (Lipinski definition) is 1. The van der Waals surface area contributed by atoms with Gasteiger partial charge in [0.2, 0.25) is 0 Å². The van der Waals surface area contributed by atoms with Crippen molar-refractivity contribution in [1.82, 2.24) is 4.98 Å². The first-order valence-corrected chi connectivity index (χ1v) is 7.29. The van der Waals surface area contributed by atoms with E-state index in [4.69, 9.17) is 0 Å². The molecule has 1 nitrogen and oxygen atoms in total. The van der Waals surface area contributed by atoms with Crippen molar-refractivity contribution in [1.29, 1.82) is 0 Å². The molecular weight excluding hydrogens is 206 g/mol. The van der Waals surface area contributed by atoms with Crippen LogP contribution in [0.3, 0.4) is 0 Å². The summed E-state index contributed by atoms with van der Waals surface area (Å²) in [5, 5.41) is 0. The van der Waals surface area contributed by atoms with Gasteiger partial charge in [-0.3, -0.25) is 4.98 Å². The average molecular weight is 233 g/mol. The molecule has 96 valence electrons. The standard InChI is InChI=1S/C16H27N/c1-3-5-6-7-8-9-12-15(4-2)16-13-10-11-14-17-16/h10-11,13-15H,3-9,12H2,1-2H3. The Bertz CT molecular complexity index is 268. The van der Waals surface area contributed by atoms with Crippen LogP contribution in [-0.4, -0.2) is 4.98 Å². The van der Waals surface area contributed by atoms with Gasteiger partial charge in [0, 0.05) is 17.8 Å². The Morgan fingerprint density at radius 3 is 2.41 bits per heavy atom. The van der Waals surface area contributed by atoms with E-state index < -0.39 is 0 Å². The van der Waals surface area contributed by atoms with Gasteiger partial charge in [-0.2, -0.15) is 0 Å². The maximum Gasteiger partial charge on any atom is 0.0434 e. The maximum absolute atomic E-state index is 4.48. The van der Waals surface area contributed by atoms with Gasteiger partial charge in [-0.1, -0.05) is 58.4 Å². The van der Waals surface area contributed by atoms with Crippen molar-refractivity contribution in [3.63, 3.8) is 0 Å². The highest BCUT2D eigenvalue weighted by Gasteiger charge is 2.09. The van der Waals surface area contributed by atoms with Gasteiger partial charge in [0.25, 0.3) is 0 Å². The molecular formula is C16H27N. The zero-order chi connectivity index (χ0) is 12.3. The summed E-state index contributed by atoms with van der Waals surface area (Å²) in [6.45, 7) is 4.55. The van der Waals surface area contributed by atoms with Gasteiger partial charge in [-0.05, 0) is 25.0 Å². The first-order chi connectivity index (χ1) is 8.38. The Kier molecular flexibility index (Phi) is 7.70. The lowest BCUT2D eigenvalue weighted by atomic mass is 9.94. The van der Waals surface area contributed by atoms with E-state index in [2.05, 4.69) is 31.0 Å². The second-order valence-corrected chi connectivity index (χ2v) is 4.92. The van der Waals surface area contributed by atoms with Gasteiger partial charge in [-0.15, -0.1) is 0 Å². The van der Waals surface area contributed by atoms with Crippen LogP contribution in [0.2, 0.25) is 0 Å². The molecule has 0 N–H and O–H groups in total. The molecule has 17 heavy (non-hydrogen) atoms. The van der Waals surface area contributed by atoms with Gasteiger partial charge in [0.1, 0.15) is 0 Å². The summed E-state index contributed by atoms with van der Waals surface area (Å²) >= 11 is 0. The minimum atomic E-state index is 0.669. The lowest BCUT2D eigenvalue weighted by molar-refractivity contribution is 0.522. The lowest BCUT2D eigenvalue weighted by Crippen LogP contribution is -1.99. The van der Waals surface area contributed by atoms with Crippen LogP contribution in [0.15, 0.2) is 24.4 Å². The van der Waals surface area contributed by atoms with Gasteiger partial charge in [0.15, 0.2) is 0 Å². The number of hydrogen-bond donors (Lipinski definition) is 0. The van der Waals surface area contributed by atoms with Crippen LogP contribution in [0.5, 0.6) is 0 Å². The van der Waals surface area contributed by atoms with E-state index in [1.54, 1.807) is 0 Å². The molecule has 0 aliphatic carbocycles. The Hall–Kier alpha value is -0.850. The van der Waals surface area contributed by atoms with Crippen LogP contribution < -0.4 is 0 Å². The summed E-state index contributed by atoms with van der Waals surface area (Å²) in [6, 6.07) is 6.28. The fourth-order valence-corrected chi connectivity index (χ4v) is 2.35. The molecule has 1 aromatic rings. The number of rotatable bonds is 9. The molecule has 1 unspecified atom stereocenters. The largest absolute Gasteiger partial charge is 0.261 e. The smallest absolute Gasteiger partial charge is 0.0434 e. The number of unbranched alkanes of at least 4 members (excludes halogenated alkanes) is 5. The molecule has 0 aliphatic rings. The van der Waals surface area contributed by atoms with Crippen LogP contribution in [0.25, 0.3) is 0 Å². The molecule has 1 heteroatoms. The Morgan fingerprint density at radius 2 is 1.76 bits per heavy atom. The molecule has 0 amide bonds. The van der Waals surface area contributed by atoms with E-state index in [1.807, 2.05) is 12.3 Å². The van der Waals surface area contributed by atoms with E-state index in [9.17, 15) is 0 Å². The molecule has 1 rings (SSSR count). The second kappa shape index (κ2) is 9.21. The lowest BCUT2D eigenvalue weighted by Gasteiger charge is -2.13. The van der Waals surface area contributed by atoms with Crippen molar-refractivity contribution in [3.8, 4) is 0 Å².